The van der Waals surface area contributed by atoms with Crippen molar-refractivity contribution < 1.29 is 0 Å². The molecule has 1 unspecified atom stereocenters. The predicted molar refractivity (Wildman–Crippen MR) is 71.4 cm³/mol. The van der Waals surface area contributed by atoms with Gasteiger partial charge in [-0.3, -0.25) is 0 Å². The third kappa shape index (κ3) is 1.77. The molecular formula is C14H14ClN3. The molecule has 4 heteroatoms. The normalized spacial score (nSPS) is 16.7. The first kappa shape index (κ1) is 11.6. The number of rotatable bonds is 3. The number of nitrogens with zero attached hydrogens (tertiary/aromatic N) is 3. The van der Waals surface area contributed by atoms with E-state index in [-0.39, 0.29) is 0 Å². The van der Waals surface area contributed by atoms with E-state index >= 15 is 0 Å². The molecule has 3 rings (SSSR count). The zero-order chi connectivity index (χ0) is 12.7. The van der Waals surface area contributed by atoms with Crippen LogP contribution in [0.1, 0.15) is 37.2 Å². The SMILES string of the molecule is CC(C1CC1)n1c(CCl)nc2ccc(C#N)cc21. The Bertz CT molecular complexity index is 634. The van der Waals surface area contributed by atoms with Crippen LogP contribution in [0, 0.1) is 17.2 Å². The summed E-state index contributed by atoms with van der Waals surface area (Å²) in [5.41, 5.74) is 2.63. The molecule has 0 saturated heterocycles. The molecule has 0 amide bonds. The van der Waals surface area contributed by atoms with E-state index in [1.165, 1.54) is 12.8 Å². The summed E-state index contributed by atoms with van der Waals surface area (Å²) >= 11 is 6.00. The van der Waals surface area contributed by atoms with Gasteiger partial charge in [0.2, 0.25) is 0 Å². The van der Waals surface area contributed by atoms with Crippen LogP contribution in [0.25, 0.3) is 11.0 Å². The van der Waals surface area contributed by atoms with Gasteiger partial charge in [-0.1, -0.05) is 0 Å². The first-order valence-electron chi connectivity index (χ1n) is 6.21. The summed E-state index contributed by atoms with van der Waals surface area (Å²) in [7, 11) is 0. The Morgan fingerprint density at radius 2 is 2.33 bits per heavy atom. The lowest BCUT2D eigenvalue weighted by Gasteiger charge is -2.16. The Kier molecular flexibility index (Phi) is 2.76. The lowest BCUT2D eigenvalue weighted by Crippen LogP contribution is -2.10. The molecule has 18 heavy (non-hydrogen) atoms. The maximum atomic E-state index is 9.01. The van der Waals surface area contributed by atoms with Gasteiger partial charge in [0.1, 0.15) is 5.82 Å². The van der Waals surface area contributed by atoms with Gasteiger partial charge in [-0.25, -0.2) is 4.98 Å². The Labute approximate surface area is 111 Å². The van der Waals surface area contributed by atoms with E-state index < -0.39 is 0 Å². The number of imidazole rings is 1. The summed E-state index contributed by atoms with van der Waals surface area (Å²) in [6, 6.07) is 8.22. The summed E-state index contributed by atoms with van der Waals surface area (Å²) in [5.74, 6) is 2.05. The smallest absolute Gasteiger partial charge is 0.125 e. The maximum absolute atomic E-state index is 9.01. The molecule has 1 aromatic heterocycles. The van der Waals surface area contributed by atoms with Gasteiger partial charge in [0.15, 0.2) is 0 Å². The van der Waals surface area contributed by atoms with Gasteiger partial charge in [-0.05, 0) is 43.9 Å². The molecule has 1 heterocycles. The molecular weight excluding hydrogens is 246 g/mol. The van der Waals surface area contributed by atoms with Crippen LogP contribution in [-0.2, 0) is 5.88 Å². The summed E-state index contributed by atoms with van der Waals surface area (Å²) in [6.07, 6.45) is 2.56. The van der Waals surface area contributed by atoms with E-state index in [1.54, 1.807) is 6.07 Å². The minimum Gasteiger partial charge on any atom is -0.324 e. The molecule has 92 valence electrons. The summed E-state index contributed by atoms with van der Waals surface area (Å²) in [4.78, 5) is 4.56. The van der Waals surface area contributed by atoms with E-state index in [9.17, 15) is 0 Å². The largest absolute Gasteiger partial charge is 0.324 e. The average Bonchev–Trinajstić information content (AvgIpc) is 3.18. The van der Waals surface area contributed by atoms with E-state index in [1.807, 2.05) is 12.1 Å². The fraction of sp³-hybridized carbons (Fsp3) is 0.429. The Balaban J connectivity index is 2.21. The van der Waals surface area contributed by atoms with Crippen LogP contribution in [0.15, 0.2) is 18.2 Å². The van der Waals surface area contributed by atoms with Crippen molar-refractivity contribution in [3.8, 4) is 6.07 Å². The van der Waals surface area contributed by atoms with Crippen molar-refractivity contribution in [3.05, 3.63) is 29.6 Å². The second kappa shape index (κ2) is 4.29. The minimum atomic E-state index is 0.410. The van der Waals surface area contributed by atoms with Crippen LogP contribution in [0.5, 0.6) is 0 Å². The van der Waals surface area contributed by atoms with E-state index in [2.05, 4.69) is 22.5 Å². The Hall–Kier alpha value is -1.53. The quantitative estimate of drug-likeness (QED) is 0.790. The van der Waals surface area contributed by atoms with E-state index in [0.717, 1.165) is 22.8 Å². The molecule has 0 bridgehead atoms. The minimum absolute atomic E-state index is 0.410. The zero-order valence-corrected chi connectivity index (χ0v) is 11.0. The van der Waals surface area contributed by atoms with Crippen molar-refractivity contribution in [1.82, 2.24) is 9.55 Å². The lowest BCUT2D eigenvalue weighted by atomic mass is 10.1. The molecule has 0 radical (unpaired) electrons. The lowest BCUT2D eigenvalue weighted by molar-refractivity contribution is 0.486. The van der Waals surface area contributed by atoms with Gasteiger partial charge in [0.25, 0.3) is 0 Å². The van der Waals surface area contributed by atoms with Crippen molar-refractivity contribution in [2.75, 3.05) is 0 Å². The summed E-state index contributed by atoms with van der Waals surface area (Å²) in [6.45, 7) is 2.22. The Morgan fingerprint density at radius 1 is 1.56 bits per heavy atom. The number of halogens is 1. The van der Waals surface area contributed by atoms with Crippen molar-refractivity contribution in [3.63, 3.8) is 0 Å². The fourth-order valence-electron chi connectivity index (χ4n) is 2.55. The molecule has 1 aliphatic carbocycles. The number of nitriles is 1. The zero-order valence-electron chi connectivity index (χ0n) is 10.2. The van der Waals surface area contributed by atoms with Crippen LogP contribution in [-0.4, -0.2) is 9.55 Å². The fourth-order valence-corrected chi connectivity index (χ4v) is 2.74. The number of benzene rings is 1. The van der Waals surface area contributed by atoms with Crippen molar-refractivity contribution in [2.45, 2.75) is 31.7 Å². The number of hydrogen-bond acceptors (Lipinski definition) is 2. The summed E-state index contributed by atoms with van der Waals surface area (Å²) < 4.78 is 2.21. The van der Waals surface area contributed by atoms with Gasteiger partial charge in [0, 0.05) is 6.04 Å². The molecule has 1 aliphatic rings. The molecule has 0 N–H and O–H groups in total. The monoisotopic (exact) mass is 259 g/mol. The third-order valence-electron chi connectivity index (χ3n) is 3.72. The highest BCUT2D eigenvalue weighted by atomic mass is 35.5. The second-order valence-electron chi connectivity index (χ2n) is 4.92. The van der Waals surface area contributed by atoms with Crippen LogP contribution >= 0.6 is 11.6 Å². The average molecular weight is 260 g/mol. The van der Waals surface area contributed by atoms with Gasteiger partial charge in [0.05, 0.1) is 28.5 Å². The number of fused-ring (bicyclic) bond motifs is 1. The van der Waals surface area contributed by atoms with Crippen molar-refractivity contribution in [2.24, 2.45) is 5.92 Å². The molecule has 1 aromatic carbocycles. The first-order valence-corrected chi connectivity index (χ1v) is 6.75. The maximum Gasteiger partial charge on any atom is 0.125 e. The molecule has 1 saturated carbocycles. The first-order chi connectivity index (χ1) is 8.74. The van der Waals surface area contributed by atoms with Crippen molar-refractivity contribution in [1.29, 1.82) is 5.26 Å². The van der Waals surface area contributed by atoms with Crippen LogP contribution in [0.2, 0.25) is 0 Å². The third-order valence-corrected chi connectivity index (χ3v) is 3.96. The van der Waals surface area contributed by atoms with Gasteiger partial charge >= 0.3 is 0 Å². The standard InChI is InChI=1S/C14H14ClN3/c1-9(11-3-4-11)18-13-6-10(8-16)2-5-12(13)17-14(18)7-15/h2,5-6,9,11H,3-4,7H2,1H3. The van der Waals surface area contributed by atoms with Gasteiger partial charge < -0.3 is 4.57 Å². The molecule has 0 aliphatic heterocycles. The molecule has 3 nitrogen and oxygen atoms in total. The number of hydrogen-bond donors (Lipinski definition) is 0. The van der Waals surface area contributed by atoms with E-state index in [0.29, 0.717) is 17.5 Å². The van der Waals surface area contributed by atoms with Gasteiger partial charge in [-0.2, -0.15) is 5.26 Å². The molecule has 1 atom stereocenters. The summed E-state index contributed by atoms with van der Waals surface area (Å²) in [5, 5.41) is 9.01. The highest BCUT2D eigenvalue weighted by molar-refractivity contribution is 6.16. The number of aromatic nitrogens is 2. The molecule has 0 spiro atoms. The van der Waals surface area contributed by atoms with Gasteiger partial charge in [-0.15, -0.1) is 11.6 Å². The van der Waals surface area contributed by atoms with Crippen LogP contribution in [0.3, 0.4) is 0 Å². The second-order valence-corrected chi connectivity index (χ2v) is 5.19. The predicted octanol–water partition coefficient (Wildman–Crippen LogP) is 3.62. The highest BCUT2D eigenvalue weighted by Crippen LogP contribution is 2.41. The van der Waals surface area contributed by atoms with Crippen molar-refractivity contribution >= 4 is 22.6 Å². The van der Waals surface area contributed by atoms with E-state index in [4.69, 9.17) is 16.9 Å². The van der Waals surface area contributed by atoms with Crippen LogP contribution < -0.4 is 0 Å². The molecule has 1 fully saturated rings. The highest BCUT2D eigenvalue weighted by Gasteiger charge is 2.31. The topological polar surface area (TPSA) is 41.6 Å². The Morgan fingerprint density at radius 3 is 2.94 bits per heavy atom. The van der Waals surface area contributed by atoms with Crippen LogP contribution in [0.4, 0.5) is 0 Å². The number of alkyl halides is 1. The molecule has 2 aromatic rings.